The molecule has 4 unspecified atom stereocenters. The normalized spacial score (nSPS) is 24.9. The van der Waals surface area contributed by atoms with Crippen LogP contribution in [0.2, 0.25) is 0 Å². The molecule has 230 valence electrons. The van der Waals surface area contributed by atoms with Crippen molar-refractivity contribution in [2.24, 2.45) is 0 Å². The Morgan fingerprint density at radius 3 is 1.95 bits per heavy atom. The van der Waals surface area contributed by atoms with Crippen molar-refractivity contribution >= 4 is 13.8 Å². The molecule has 2 saturated heterocycles. The quantitative estimate of drug-likeness (QED) is 0.0529. The number of fused-ring (bicyclic) bond motifs is 2. The first kappa shape index (κ1) is 34.7. The molecule has 0 aromatic rings. The van der Waals surface area contributed by atoms with Crippen LogP contribution in [0.5, 0.6) is 0 Å². The number of carbonyl (C=O) groups excluding carboxylic acids is 1. The molecule has 0 saturated carbocycles. The third-order valence-corrected chi connectivity index (χ3v) is 9.98. The van der Waals surface area contributed by atoms with Crippen LogP contribution in [0.4, 0.5) is 0 Å². The molecule has 8 nitrogen and oxygen atoms in total. The second kappa shape index (κ2) is 19.6. The van der Waals surface area contributed by atoms with Gasteiger partial charge in [0, 0.05) is 20.0 Å². The van der Waals surface area contributed by atoms with E-state index in [0.29, 0.717) is 6.61 Å². The van der Waals surface area contributed by atoms with Crippen molar-refractivity contribution in [2.75, 3.05) is 39.5 Å². The van der Waals surface area contributed by atoms with Crippen molar-refractivity contribution in [1.82, 2.24) is 0 Å². The third-order valence-electron chi connectivity index (χ3n) is 8.46. The van der Waals surface area contributed by atoms with Crippen molar-refractivity contribution < 1.29 is 36.9 Å². The van der Waals surface area contributed by atoms with Crippen LogP contribution in [0.1, 0.15) is 130 Å². The molecule has 0 amide bonds. The zero-order valence-electron chi connectivity index (χ0n) is 25.5. The molecular formula is C30H59NO7P+. The molecule has 0 aromatic carbocycles. The number of nitrogens with zero attached hydrogens (tertiary/aromatic N) is 1. The lowest BCUT2D eigenvalue weighted by atomic mass is 10.0. The summed E-state index contributed by atoms with van der Waals surface area (Å²) < 4.78 is 42.6. The lowest BCUT2D eigenvalue weighted by Gasteiger charge is -2.50. The number of hydrogen-bond donors (Lipinski definition) is 0. The Bertz CT molecular complexity index is 703. The first-order valence-electron chi connectivity index (χ1n) is 16.1. The number of rotatable bonds is 23. The first-order valence-corrected chi connectivity index (χ1v) is 17.5. The number of unbranched alkanes of at least 4 members (excludes halogenated alkanes) is 13. The number of hydrogen-bond acceptors (Lipinski definition) is 7. The molecule has 0 aliphatic carbocycles. The van der Waals surface area contributed by atoms with Crippen LogP contribution in [0.15, 0.2) is 0 Å². The molecule has 9 heteroatoms. The molecule has 2 aliphatic heterocycles. The molecule has 0 spiro atoms. The summed E-state index contributed by atoms with van der Waals surface area (Å²) >= 11 is 0. The van der Waals surface area contributed by atoms with Gasteiger partial charge in [-0.15, -0.1) is 0 Å². The van der Waals surface area contributed by atoms with Gasteiger partial charge in [0.05, 0.1) is 45.4 Å². The summed E-state index contributed by atoms with van der Waals surface area (Å²) in [4.78, 5) is 11.6. The number of quaternary nitrogens is 1. The first-order chi connectivity index (χ1) is 18.9. The highest BCUT2D eigenvalue weighted by Crippen LogP contribution is 2.58. The van der Waals surface area contributed by atoms with E-state index in [0.717, 1.165) is 49.8 Å². The van der Waals surface area contributed by atoms with Gasteiger partial charge in [0.15, 0.2) is 0 Å². The predicted molar refractivity (Wildman–Crippen MR) is 155 cm³/mol. The van der Waals surface area contributed by atoms with Gasteiger partial charge in [-0.05, 0) is 20.3 Å². The summed E-state index contributed by atoms with van der Waals surface area (Å²) in [5, 5.41) is 0. The summed E-state index contributed by atoms with van der Waals surface area (Å²) in [7, 11) is -3.73. The monoisotopic (exact) mass is 576 g/mol. The number of phosphoric acid groups is 1. The second-order valence-electron chi connectivity index (χ2n) is 11.5. The maximum Gasteiger partial charge on any atom is 0.479 e. The van der Waals surface area contributed by atoms with Gasteiger partial charge in [0.1, 0.15) is 6.10 Å². The Labute approximate surface area is 239 Å². The van der Waals surface area contributed by atoms with E-state index in [9.17, 15) is 9.36 Å². The second-order valence-corrected chi connectivity index (χ2v) is 13.1. The fraction of sp³-hybridized carbons (Fsp3) is 0.967. The predicted octanol–water partition coefficient (Wildman–Crippen LogP) is 7.93. The molecule has 4 atom stereocenters. The van der Waals surface area contributed by atoms with Crippen molar-refractivity contribution in [3.63, 3.8) is 0 Å². The van der Waals surface area contributed by atoms with E-state index in [-0.39, 0.29) is 25.5 Å². The van der Waals surface area contributed by atoms with Crippen LogP contribution in [-0.4, -0.2) is 68.3 Å². The number of phosphoric ester groups is 1. The van der Waals surface area contributed by atoms with Crippen molar-refractivity contribution in [3.05, 3.63) is 0 Å². The van der Waals surface area contributed by atoms with Crippen LogP contribution in [0.3, 0.4) is 0 Å². The summed E-state index contributed by atoms with van der Waals surface area (Å²) in [6, 6.07) is 0. The maximum absolute atomic E-state index is 13.3. The van der Waals surface area contributed by atoms with E-state index in [2.05, 4.69) is 20.8 Å². The summed E-state index contributed by atoms with van der Waals surface area (Å²) in [5.74, 6) is -0.419. The Morgan fingerprint density at radius 2 is 1.41 bits per heavy atom. The van der Waals surface area contributed by atoms with Crippen LogP contribution in [0.25, 0.3) is 0 Å². The number of ether oxygens (including phenoxy) is 2. The minimum Gasteiger partial charge on any atom is -0.458 e. The highest BCUT2D eigenvalue weighted by molar-refractivity contribution is 7.48. The van der Waals surface area contributed by atoms with Gasteiger partial charge in [-0.2, -0.15) is 0 Å². The summed E-state index contributed by atoms with van der Waals surface area (Å²) in [5.41, 5.74) is 0. The van der Waals surface area contributed by atoms with E-state index in [1.807, 2.05) is 0 Å². The molecule has 2 aliphatic rings. The Balaban J connectivity index is 1.56. The highest BCUT2D eigenvalue weighted by Gasteiger charge is 2.52. The van der Waals surface area contributed by atoms with Crippen molar-refractivity contribution in [2.45, 2.75) is 149 Å². The number of likely N-dealkylation sites (tertiary alicyclic amines) is 1. The van der Waals surface area contributed by atoms with Crippen molar-refractivity contribution in [1.29, 1.82) is 0 Å². The van der Waals surface area contributed by atoms with Gasteiger partial charge >= 0.3 is 13.8 Å². The molecular weight excluding hydrogens is 517 g/mol. The average molecular weight is 577 g/mol. The van der Waals surface area contributed by atoms with Crippen LogP contribution in [0, 0.1) is 0 Å². The Hall–Kier alpha value is -0.500. The minimum absolute atomic E-state index is 0.0761. The zero-order valence-corrected chi connectivity index (χ0v) is 26.4. The lowest BCUT2D eigenvalue weighted by molar-refractivity contribution is -0.972. The number of piperidine rings is 1. The minimum atomic E-state index is -3.73. The fourth-order valence-corrected chi connectivity index (χ4v) is 7.51. The molecule has 39 heavy (non-hydrogen) atoms. The van der Waals surface area contributed by atoms with Gasteiger partial charge < -0.3 is 9.47 Å². The topological polar surface area (TPSA) is 80.3 Å². The van der Waals surface area contributed by atoms with Crippen molar-refractivity contribution in [3.8, 4) is 0 Å². The van der Waals surface area contributed by atoms with Gasteiger partial charge in [0.25, 0.3) is 0 Å². The fourth-order valence-electron chi connectivity index (χ4n) is 5.85. The van der Waals surface area contributed by atoms with E-state index in [4.69, 9.17) is 23.0 Å². The van der Waals surface area contributed by atoms with Crippen LogP contribution >= 0.6 is 7.82 Å². The van der Waals surface area contributed by atoms with E-state index < -0.39 is 19.9 Å². The molecule has 2 rings (SSSR count). The van der Waals surface area contributed by atoms with Gasteiger partial charge in [-0.1, -0.05) is 90.4 Å². The van der Waals surface area contributed by atoms with Crippen LogP contribution in [-0.2, 0) is 32.4 Å². The van der Waals surface area contributed by atoms with Gasteiger partial charge in [0.2, 0.25) is 6.23 Å². The van der Waals surface area contributed by atoms with Gasteiger partial charge in [-0.25, -0.2) is 9.09 Å². The molecule has 2 fully saturated rings. The maximum atomic E-state index is 13.3. The molecule has 2 bridgehead atoms. The van der Waals surface area contributed by atoms with E-state index in [1.54, 1.807) is 0 Å². The standard InChI is InChI=1S/C30H59NO7P/c1-5-8-9-10-11-12-13-14-15-16-17-18-19-20-23-34-25-29(36-27(4)32)26-35-39(33)37-28-21-22-31(6-2,7-3)30(24-28)38-39/h28-30H,5-26H2,1-4H3/q+1. The lowest BCUT2D eigenvalue weighted by Crippen LogP contribution is -2.62. The Kier molecular flexibility index (Phi) is 17.4. The Morgan fingerprint density at radius 1 is 0.846 bits per heavy atom. The van der Waals surface area contributed by atoms with Crippen LogP contribution < -0.4 is 0 Å². The SMILES string of the molecule is CCCCCCCCCCCCCCCCOCC(COP1(=O)OC2CC[N+](CC)(CC)C(C2)O1)OC(C)=O. The molecule has 0 radical (unpaired) electrons. The smallest absolute Gasteiger partial charge is 0.458 e. The third kappa shape index (κ3) is 13.3. The largest absolute Gasteiger partial charge is 0.479 e. The average Bonchev–Trinajstić information content (AvgIpc) is 2.91. The zero-order chi connectivity index (χ0) is 28.4. The number of esters is 1. The summed E-state index contributed by atoms with van der Waals surface area (Å²) in [6.07, 6.45) is 19.0. The van der Waals surface area contributed by atoms with Gasteiger partial charge in [-0.3, -0.25) is 18.3 Å². The number of carbonyl (C=O) groups is 1. The molecule has 0 aromatic heterocycles. The van der Waals surface area contributed by atoms with E-state index in [1.165, 1.54) is 84.0 Å². The molecule has 2 heterocycles. The van der Waals surface area contributed by atoms with E-state index >= 15 is 0 Å². The highest BCUT2D eigenvalue weighted by atomic mass is 31.2. The summed E-state index contributed by atoms with van der Waals surface area (Å²) in [6.45, 7) is 11.4. The molecule has 0 N–H and O–H groups in total.